The van der Waals surface area contributed by atoms with E-state index in [9.17, 15) is 4.79 Å². The van der Waals surface area contributed by atoms with Crippen LogP contribution in [0.4, 0.5) is 0 Å². The molecule has 3 nitrogen and oxygen atoms in total. The maximum atomic E-state index is 9.98. The standard InChI is InChI=1S/C5H9NO2/c1-6(4-7)5-2-3-8-5/h4-5H,2-3H2,1H3. The quantitative estimate of drug-likeness (QED) is 0.467. The van der Waals surface area contributed by atoms with Gasteiger partial charge in [-0.05, 0) is 0 Å². The molecular formula is C5H9NO2. The molecule has 1 unspecified atom stereocenters. The second kappa shape index (κ2) is 2.13. The van der Waals surface area contributed by atoms with E-state index in [0.717, 1.165) is 19.4 Å². The molecule has 1 aliphatic rings. The predicted molar refractivity (Wildman–Crippen MR) is 28.2 cm³/mol. The lowest BCUT2D eigenvalue weighted by molar-refractivity contribution is -0.153. The number of rotatable bonds is 2. The van der Waals surface area contributed by atoms with Crippen LogP contribution in [0.15, 0.2) is 0 Å². The first-order valence-corrected chi connectivity index (χ1v) is 2.63. The predicted octanol–water partition coefficient (Wildman–Crippen LogP) is -0.179. The fourth-order valence-corrected chi connectivity index (χ4v) is 0.612. The molecule has 0 aliphatic carbocycles. The van der Waals surface area contributed by atoms with E-state index >= 15 is 0 Å². The highest BCUT2D eigenvalue weighted by Gasteiger charge is 2.20. The number of carbonyl (C=O) groups excluding carboxylic acids is 1. The summed E-state index contributed by atoms with van der Waals surface area (Å²) in [6.07, 6.45) is 1.83. The van der Waals surface area contributed by atoms with Gasteiger partial charge in [0.25, 0.3) is 0 Å². The van der Waals surface area contributed by atoms with Crippen molar-refractivity contribution in [2.45, 2.75) is 12.6 Å². The van der Waals surface area contributed by atoms with E-state index in [1.165, 1.54) is 4.90 Å². The topological polar surface area (TPSA) is 29.5 Å². The second-order valence-corrected chi connectivity index (χ2v) is 1.88. The van der Waals surface area contributed by atoms with Crippen LogP contribution in [-0.2, 0) is 9.53 Å². The first-order chi connectivity index (χ1) is 3.84. The van der Waals surface area contributed by atoms with Crippen molar-refractivity contribution >= 4 is 6.41 Å². The molecule has 1 atom stereocenters. The maximum Gasteiger partial charge on any atom is 0.211 e. The summed E-state index contributed by atoms with van der Waals surface area (Å²) in [5.41, 5.74) is 0. The van der Waals surface area contributed by atoms with Gasteiger partial charge in [-0.15, -0.1) is 0 Å². The minimum atomic E-state index is 0.0625. The number of ether oxygens (including phenoxy) is 1. The Morgan fingerprint density at radius 2 is 2.50 bits per heavy atom. The van der Waals surface area contributed by atoms with Crippen molar-refractivity contribution in [2.24, 2.45) is 0 Å². The monoisotopic (exact) mass is 115 g/mol. The molecule has 8 heavy (non-hydrogen) atoms. The lowest BCUT2D eigenvalue weighted by atomic mass is 10.3. The SMILES string of the molecule is CN(C=O)C1CCO1. The van der Waals surface area contributed by atoms with E-state index in [1.807, 2.05) is 0 Å². The van der Waals surface area contributed by atoms with Crippen LogP contribution in [0.1, 0.15) is 6.42 Å². The highest BCUT2D eigenvalue weighted by molar-refractivity contribution is 5.46. The van der Waals surface area contributed by atoms with Crippen LogP contribution < -0.4 is 0 Å². The number of hydrogen-bond donors (Lipinski definition) is 0. The molecule has 0 spiro atoms. The third-order valence-electron chi connectivity index (χ3n) is 1.30. The van der Waals surface area contributed by atoms with Crippen LogP contribution in [0.3, 0.4) is 0 Å². The van der Waals surface area contributed by atoms with Crippen molar-refractivity contribution in [3.8, 4) is 0 Å². The average Bonchev–Trinajstić information content (AvgIpc) is 1.62. The van der Waals surface area contributed by atoms with E-state index < -0.39 is 0 Å². The molecule has 0 aromatic carbocycles. The van der Waals surface area contributed by atoms with Gasteiger partial charge in [-0.2, -0.15) is 0 Å². The Balaban J connectivity index is 2.22. The second-order valence-electron chi connectivity index (χ2n) is 1.88. The Morgan fingerprint density at radius 3 is 2.62 bits per heavy atom. The molecule has 1 saturated heterocycles. The lowest BCUT2D eigenvalue weighted by Crippen LogP contribution is -2.41. The number of hydrogen-bond acceptors (Lipinski definition) is 2. The van der Waals surface area contributed by atoms with Crippen LogP contribution in [-0.4, -0.2) is 31.2 Å². The third-order valence-corrected chi connectivity index (χ3v) is 1.30. The minimum absolute atomic E-state index is 0.0625. The van der Waals surface area contributed by atoms with Gasteiger partial charge < -0.3 is 9.64 Å². The molecule has 0 saturated carbocycles. The van der Waals surface area contributed by atoms with Gasteiger partial charge in [0.05, 0.1) is 6.61 Å². The molecule has 0 aromatic rings. The van der Waals surface area contributed by atoms with Crippen molar-refractivity contribution in [2.75, 3.05) is 13.7 Å². The zero-order chi connectivity index (χ0) is 5.98. The Hall–Kier alpha value is -0.570. The molecule has 1 amide bonds. The summed E-state index contributed by atoms with van der Waals surface area (Å²) in [5, 5.41) is 0. The van der Waals surface area contributed by atoms with Crippen LogP contribution in [0.5, 0.6) is 0 Å². The van der Waals surface area contributed by atoms with Gasteiger partial charge in [-0.1, -0.05) is 0 Å². The summed E-state index contributed by atoms with van der Waals surface area (Å²) in [6.45, 7) is 0.794. The Morgan fingerprint density at radius 1 is 1.88 bits per heavy atom. The lowest BCUT2D eigenvalue weighted by Gasteiger charge is -2.31. The summed E-state index contributed by atoms with van der Waals surface area (Å²) in [4.78, 5) is 11.5. The normalized spacial score (nSPS) is 26.4. The number of carbonyl (C=O) groups is 1. The van der Waals surface area contributed by atoms with Crippen LogP contribution in [0.2, 0.25) is 0 Å². The van der Waals surface area contributed by atoms with Crippen molar-refractivity contribution in [3.05, 3.63) is 0 Å². The highest BCUT2D eigenvalue weighted by Crippen LogP contribution is 2.11. The molecular weight excluding hydrogens is 106 g/mol. The molecule has 0 N–H and O–H groups in total. The first-order valence-electron chi connectivity index (χ1n) is 2.63. The van der Waals surface area contributed by atoms with Gasteiger partial charge in [-0.3, -0.25) is 4.79 Å². The maximum absolute atomic E-state index is 9.98. The van der Waals surface area contributed by atoms with Gasteiger partial charge in [0.2, 0.25) is 6.41 Å². The summed E-state index contributed by atoms with van der Waals surface area (Å²) in [5.74, 6) is 0. The molecule has 1 heterocycles. The van der Waals surface area contributed by atoms with E-state index in [0.29, 0.717) is 0 Å². The Labute approximate surface area is 48.2 Å². The van der Waals surface area contributed by atoms with Crippen molar-refractivity contribution < 1.29 is 9.53 Å². The van der Waals surface area contributed by atoms with Crippen LogP contribution in [0, 0.1) is 0 Å². The van der Waals surface area contributed by atoms with Gasteiger partial charge >= 0.3 is 0 Å². The smallest absolute Gasteiger partial charge is 0.211 e. The zero-order valence-corrected chi connectivity index (χ0v) is 4.83. The molecule has 1 rings (SSSR count). The third kappa shape index (κ3) is 0.816. The molecule has 3 heteroatoms. The molecule has 0 aromatic heterocycles. The van der Waals surface area contributed by atoms with E-state index in [-0.39, 0.29) is 6.23 Å². The molecule has 46 valence electrons. The molecule has 1 aliphatic heterocycles. The van der Waals surface area contributed by atoms with E-state index in [4.69, 9.17) is 4.74 Å². The van der Waals surface area contributed by atoms with Crippen LogP contribution in [0.25, 0.3) is 0 Å². The Kier molecular flexibility index (Phi) is 1.48. The minimum Gasteiger partial charge on any atom is -0.358 e. The molecule has 0 radical (unpaired) electrons. The molecule has 1 fully saturated rings. The number of nitrogens with zero attached hydrogens (tertiary/aromatic N) is 1. The van der Waals surface area contributed by atoms with Gasteiger partial charge in [-0.25, -0.2) is 0 Å². The summed E-state index contributed by atoms with van der Waals surface area (Å²) in [6, 6.07) is 0. The summed E-state index contributed by atoms with van der Waals surface area (Å²) >= 11 is 0. The Bertz CT molecular complexity index is 90.4. The van der Waals surface area contributed by atoms with Gasteiger partial charge in [0, 0.05) is 13.5 Å². The van der Waals surface area contributed by atoms with Gasteiger partial charge in [0.15, 0.2) is 0 Å². The highest BCUT2D eigenvalue weighted by atomic mass is 16.5. The van der Waals surface area contributed by atoms with Crippen LogP contribution >= 0.6 is 0 Å². The molecule has 0 bridgehead atoms. The van der Waals surface area contributed by atoms with Crippen molar-refractivity contribution in [1.29, 1.82) is 0 Å². The summed E-state index contributed by atoms with van der Waals surface area (Å²) < 4.78 is 4.98. The fourth-order valence-electron chi connectivity index (χ4n) is 0.612. The van der Waals surface area contributed by atoms with E-state index in [1.54, 1.807) is 7.05 Å². The fraction of sp³-hybridized carbons (Fsp3) is 0.800. The van der Waals surface area contributed by atoms with Crippen molar-refractivity contribution in [1.82, 2.24) is 4.90 Å². The van der Waals surface area contributed by atoms with Gasteiger partial charge in [0.1, 0.15) is 6.23 Å². The number of amides is 1. The first kappa shape index (κ1) is 5.56. The average molecular weight is 115 g/mol. The van der Waals surface area contributed by atoms with Crippen molar-refractivity contribution in [3.63, 3.8) is 0 Å². The largest absolute Gasteiger partial charge is 0.358 e. The summed E-state index contributed by atoms with van der Waals surface area (Å²) in [7, 11) is 1.72. The van der Waals surface area contributed by atoms with E-state index in [2.05, 4.69) is 0 Å². The zero-order valence-electron chi connectivity index (χ0n) is 4.83.